The molecule has 0 atom stereocenters. The minimum atomic E-state index is -3.66. The number of methoxy groups -OCH3 is 1. The van der Waals surface area contributed by atoms with Gasteiger partial charge >= 0.3 is 0 Å². The van der Waals surface area contributed by atoms with Crippen molar-refractivity contribution in [1.29, 1.82) is 0 Å². The maximum atomic E-state index is 12.3. The van der Waals surface area contributed by atoms with Gasteiger partial charge in [0.25, 0.3) is 0 Å². The molecule has 1 fully saturated rings. The number of amides is 1. The smallest absolute Gasteiger partial charge is 0.244 e. The molecular formula is C13H19N3O4S. The van der Waals surface area contributed by atoms with E-state index in [1.807, 2.05) is 0 Å². The first-order chi connectivity index (χ1) is 9.96. The molecule has 8 heteroatoms. The van der Waals surface area contributed by atoms with Crippen LogP contribution >= 0.6 is 0 Å². The average molecular weight is 313 g/mol. The molecule has 4 N–H and O–H groups in total. The molecule has 0 unspecified atom stereocenters. The van der Waals surface area contributed by atoms with Crippen LogP contribution in [0.3, 0.4) is 0 Å². The zero-order valence-electron chi connectivity index (χ0n) is 11.8. The summed E-state index contributed by atoms with van der Waals surface area (Å²) in [6.07, 6.45) is 1.86. The molecular weight excluding hydrogens is 294 g/mol. The van der Waals surface area contributed by atoms with Crippen LogP contribution in [0.5, 0.6) is 5.75 Å². The van der Waals surface area contributed by atoms with Gasteiger partial charge in [-0.15, -0.1) is 0 Å². The molecule has 21 heavy (non-hydrogen) atoms. The molecule has 1 saturated carbocycles. The van der Waals surface area contributed by atoms with E-state index in [9.17, 15) is 13.2 Å². The van der Waals surface area contributed by atoms with Crippen LogP contribution in [0, 0.1) is 0 Å². The summed E-state index contributed by atoms with van der Waals surface area (Å²) >= 11 is 0. The lowest BCUT2D eigenvalue weighted by molar-refractivity contribution is -0.116. The summed E-state index contributed by atoms with van der Waals surface area (Å²) in [6.45, 7) is 0.233. The van der Waals surface area contributed by atoms with Gasteiger partial charge in [0.05, 0.1) is 7.11 Å². The average Bonchev–Trinajstić information content (AvgIpc) is 3.22. The number of hydrogen-bond donors (Lipinski definition) is 3. The summed E-state index contributed by atoms with van der Waals surface area (Å²) in [5, 5.41) is 2.61. The van der Waals surface area contributed by atoms with Crippen molar-refractivity contribution in [1.82, 2.24) is 4.72 Å². The zero-order valence-corrected chi connectivity index (χ0v) is 12.6. The van der Waals surface area contributed by atoms with E-state index < -0.39 is 10.0 Å². The standard InChI is InChI=1S/C13H19N3O4S/c1-20-11-5-4-10(15-13(17)6-7-14)8-12(11)21(18,19)16-9-2-3-9/h4-5,8-9,16H,2-3,6-7,14H2,1H3,(H,15,17). The molecule has 1 aromatic rings. The van der Waals surface area contributed by atoms with Crippen molar-refractivity contribution >= 4 is 21.6 Å². The van der Waals surface area contributed by atoms with Crippen LogP contribution in [0.25, 0.3) is 0 Å². The number of rotatable bonds is 7. The predicted molar refractivity (Wildman–Crippen MR) is 78.6 cm³/mol. The molecule has 0 heterocycles. The Bertz CT molecular complexity index is 626. The van der Waals surface area contributed by atoms with E-state index in [1.165, 1.54) is 19.2 Å². The van der Waals surface area contributed by atoms with E-state index in [0.29, 0.717) is 5.69 Å². The molecule has 7 nitrogen and oxygen atoms in total. The van der Waals surface area contributed by atoms with E-state index in [0.717, 1.165) is 12.8 Å². The van der Waals surface area contributed by atoms with Gasteiger partial charge < -0.3 is 15.8 Å². The number of nitrogens with one attached hydrogen (secondary N) is 2. The Morgan fingerprint density at radius 2 is 2.14 bits per heavy atom. The van der Waals surface area contributed by atoms with Crippen LogP contribution in [0.2, 0.25) is 0 Å². The van der Waals surface area contributed by atoms with Gasteiger partial charge in [0.1, 0.15) is 10.6 Å². The van der Waals surface area contributed by atoms with Gasteiger partial charge in [-0.25, -0.2) is 13.1 Å². The van der Waals surface area contributed by atoms with E-state index in [-0.39, 0.29) is 35.6 Å². The van der Waals surface area contributed by atoms with Crippen molar-refractivity contribution in [3.63, 3.8) is 0 Å². The van der Waals surface area contributed by atoms with Gasteiger partial charge in [0.15, 0.2) is 0 Å². The van der Waals surface area contributed by atoms with Gasteiger partial charge in [-0.1, -0.05) is 0 Å². The Kier molecular flexibility index (Phi) is 4.81. The highest BCUT2D eigenvalue weighted by Gasteiger charge is 2.30. The monoisotopic (exact) mass is 313 g/mol. The lowest BCUT2D eigenvalue weighted by Gasteiger charge is -2.12. The molecule has 116 valence electrons. The second kappa shape index (κ2) is 6.42. The summed E-state index contributed by atoms with van der Waals surface area (Å²) in [7, 11) is -2.26. The van der Waals surface area contributed by atoms with Crippen LogP contribution in [0.15, 0.2) is 23.1 Å². The maximum Gasteiger partial charge on any atom is 0.244 e. The third kappa shape index (κ3) is 4.16. The van der Waals surface area contributed by atoms with Crippen LogP contribution in [-0.2, 0) is 14.8 Å². The first-order valence-electron chi connectivity index (χ1n) is 6.66. The fourth-order valence-electron chi connectivity index (χ4n) is 1.80. The number of anilines is 1. The van der Waals surface area contributed by atoms with Crippen LogP contribution in [0.4, 0.5) is 5.69 Å². The number of benzene rings is 1. The number of carbonyl (C=O) groups is 1. The summed E-state index contributed by atoms with van der Waals surface area (Å²) < 4.78 is 32.3. The minimum Gasteiger partial charge on any atom is -0.495 e. The second-order valence-electron chi connectivity index (χ2n) is 4.85. The topological polar surface area (TPSA) is 111 Å². The van der Waals surface area contributed by atoms with Crippen molar-refractivity contribution in [2.24, 2.45) is 5.73 Å². The lowest BCUT2D eigenvalue weighted by atomic mass is 10.3. The van der Waals surface area contributed by atoms with Gasteiger partial charge in [0.2, 0.25) is 15.9 Å². The van der Waals surface area contributed by atoms with Crippen molar-refractivity contribution in [3.05, 3.63) is 18.2 Å². The van der Waals surface area contributed by atoms with Crippen LogP contribution in [-0.4, -0.2) is 34.0 Å². The number of ether oxygens (including phenoxy) is 1. The number of carbonyl (C=O) groups excluding carboxylic acids is 1. The quantitative estimate of drug-likeness (QED) is 0.676. The lowest BCUT2D eigenvalue weighted by Crippen LogP contribution is -2.26. The molecule has 0 saturated heterocycles. The Labute approximate surface area is 123 Å². The first kappa shape index (κ1) is 15.7. The van der Waals surface area contributed by atoms with Crippen molar-refractivity contribution in [3.8, 4) is 5.75 Å². The van der Waals surface area contributed by atoms with Gasteiger partial charge in [-0.05, 0) is 31.0 Å². The molecule has 2 rings (SSSR count). The molecule has 1 aliphatic carbocycles. The summed E-state index contributed by atoms with van der Waals surface area (Å²) in [5.74, 6) is -0.0267. The maximum absolute atomic E-state index is 12.3. The Morgan fingerprint density at radius 1 is 1.43 bits per heavy atom. The molecule has 0 bridgehead atoms. The fraction of sp³-hybridized carbons (Fsp3) is 0.462. The molecule has 1 amide bonds. The molecule has 0 radical (unpaired) electrons. The third-order valence-electron chi connectivity index (χ3n) is 3.01. The highest BCUT2D eigenvalue weighted by molar-refractivity contribution is 7.89. The first-order valence-corrected chi connectivity index (χ1v) is 8.15. The highest BCUT2D eigenvalue weighted by atomic mass is 32.2. The summed E-state index contributed by atoms with van der Waals surface area (Å²) in [5.41, 5.74) is 5.70. The van der Waals surface area contributed by atoms with E-state index in [4.69, 9.17) is 10.5 Å². The normalized spacial score (nSPS) is 14.8. The van der Waals surface area contributed by atoms with Gasteiger partial charge in [-0.2, -0.15) is 0 Å². The zero-order chi connectivity index (χ0) is 15.5. The Balaban J connectivity index is 2.27. The molecule has 1 aromatic carbocycles. The van der Waals surface area contributed by atoms with Crippen LogP contribution in [0.1, 0.15) is 19.3 Å². The van der Waals surface area contributed by atoms with E-state index >= 15 is 0 Å². The SMILES string of the molecule is COc1ccc(NC(=O)CCN)cc1S(=O)(=O)NC1CC1. The minimum absolute atomic E-state index is 0.00445. The van der Waals surface area contributed by atoms with Crippen molar-refractivity contribution < 1.29 is 17.9 Å². The third-order valence-corrected chi connectivity index (χ3v) is 4.55. The van der Waals surface area contributed by atoms with Crippen LogP contribution < -0.4 is 20.5 Å². The Morgan fingerprint density at radius 3 is 2.71 bits per heavy atom. The second-order valence-corrected chi connectivity index (χ2v) is 6.53. The summed E-state index contributed by atoms with van der Waals surface area (Å²) in [4.78, 5) is 11.5. The molecule has 1 aliphatic rings. The van der Waals surface area contributed by atoms with Gasteiger partial charge in [-0.3, -0.25) is 4.79 Å². The van der Waals surface area contributed by atoms with E-state index in [2.05, 4.69) is 10.0 Å². The van der Waals surface area contributed by atoms with Crippen molar-refractivity contribution in [2.45, 2.75) is 30.2 Å². The van der Waals surface area contributed by atoms with E-state index in [1.54, 1.807) is 6.07 Å². The highest BCUT2D eigenvalue weighted by Crippen LogP contribution is 2.29. The predicted octanol–water partition coefficient (Wildman–Crippen LogP) is 0.423. The Hall–Kier alpha value is -1.64. The number of sulfonamides is 1. The largest absolute Gasteiger partial charge is 0.495 e. The van der Waals surface area contributed by atoms with Crippen molar-refractivity contribution in [2.75, 3.05) is 19.0 Å². The fourth-order valence-corrected chi connectivity index (χ4v) is 3.30. The summed E-state index contributed by atoms with van der Waals surface area (Å²) in [6, 6.07) is 4.48. The molecule has 0 aliphatic heterocycles. The molecule has 0 aromatic heterocycles. The molecule has 0 spiro atoms. The number of hydrogen-bond acceptors (Lipinski definition) is 5. The van der Waals surface area contributed by atoms with Gasteiger partial charge in [0, 0.05) is 24.7 Å². The number of nitrogens with two attached hydrogens (primary N) is 1.